The SMILES string of the molecule is Cc1ccc2[nH]c(C(=O)N[C@H]3CCN(C(=O)C(C)(C)C)C[C@H]3NC(=O)c3nc4c(s3)CN(C)CC4)cc2c1. The molecule has 2 aliphatic rings. The molecule has 1 fully saturated rings. The van der Waals surface area contributed by atoms with Crippen molar-refractivity contribution in [2.24, 2.45) is 5.41 Å². The van der Waals surface area contributed by atoms with Gasteiger partial charge < -0.3 is 25.4 Å². The largest absolute Gasteiger partial charge is 0.351 e. The van der Waals surface area contributed by atoms with Crippen molar-refractivity contribution >= 4 is 40.0 Å². The summed E-state index contributed by atoms with van der Waals surface area (Å²) in [5, 5.41) is 7.64. The zero-order valence-electron chi connectivity index (χ0n) is 22.7. The van der Waals surface area contributed by atoms with Crippen molar-refractivity contribution in [1.29, 1.82) is 0 Å². The molecular formula is C28H36N6O3S. The lowest BCUT2D eigenvalue weighted by Gasteiger charge is -2.41. The molecule has 2 aromatic heterocycles. The number of thiazole rings is 1. The van der Waals surface area contributed by atoms with Crippen LogP contribution in [-0.2, 0) is 17.8 Å². The first-order chi connectivity index (χ1) is 18.0. The Hall–Kier alpha value is -3.24. The van der Waals surface area contributed by atoms with Gasteiger partial charge in [0.2, 0.25) is 5.91 Å². The fraction of sp³-hybridized carbons (Fsp3) is 0.500. The fourth-order valence-electron chi connectivity index (χ4n) is 5.20. The first-order valence-corrected chi connectivity index (χ1v) is 14.0. The normalized spacial score (nSPS) is 20.3. The second kappa shape index (κ2) is 10.1. The molecule has 1 saturated heterocycles. The second-order valence-electron chi connectivity index (χ2n) is 11.6. The van der Waals surface area contributed by atoms with Crippen molar-refractivity contribution in [2.45, 2.75) is 59.2 Å². The maximum absolute atomic E-state index is 13.3. The molecule has 3 N–H and O–H groups in total. The van der Waals surface area contributed by atoms with Crippen LogP contribution in [0.25, 0.3) is 10.9 Å². The Balaban J connectivity index is 1.35. The quantitative estimate of drug-likeness (QED) is 0.475. The Morgan fingerprint density at radius 2 is 1.84 bits per heavy atom. The van der Waals surface area contributed by atoms with Crippen LogP contribution in [0.5, 0.6) is 0 Å². The van der Waals surface area contributed by atoms with Gasteiger partial charge in [-0.15, -0.1) is 11.3 Å². The summed E-state index contributed by atoms with van der Waals surface area (Å²) in [4.78, 5) is 52.6. The van der Waals surface area contributed by atoms with Gasteiger partial charge in [-0.25, -0.2) is 4.98 Å². The van der Waals surface area contributed by atoms with Crippen molar-refractivity contribution in [2.75, 3.05) is 26.7 Å². The molecular weight excluding hydrogens is 500 g/mol. The van der Waals surface area contributed by atoms with Crippen molar-refractivity contribution in [3.8, 4) is 0 Å². The van der Waals surface area contributed by atoms with Gasteiger partial charge >= 0.3 is 0 Å². The second-order valence-corrected chi connectivity index (χ2v) is 12.7. The number of carbonyl (C=O) groups excluding carboxylic acids is 3. The average molecular weight is 537 g/mol. The Morgan fingerprint density at radius 1 is 1.08 bits per heavy atom. The van der Waals surface area contributed by atoms with Crippen molar-refractivity contribution in [3.05, 3.63) is 51.1 Å². The lowest BCUT2D eigenvalue weighted by Crippen LogP contribution is -2.62. The first-order valence-electron chi connectivity index (χ1n) is 13.2. The van der Waals surface area contributed by atoms with Crippen LogP contribution in [0.3, 0.4) is 0 Å². The van der Waals surface area contributed by atoms with Crippen LogP contribution in [-0.4, -0.2) is 76.3 Å². The van der Waals surface area contributed by atoms with Crippen LogP contribution in [0, 0.1) is 12.3 Å². The number of piperidine rings is 1. The Morgan fingerprint density at radius 3 is 2.61 bits per heavy atom. The molecule has 38 heavy (non-hydrogen) atoms. The van der Waals surface area contributed by atoms with Gasteiger partial charge in [0.15, 0.2) is 5.01 Å². The molecule has 2 aliphatic heterocycles. The van der Waals surface area contributed by atoms with E-state index < -0.39 is 11.5 Å². The van der Waals surface area contributed by atoms with Crippen LogP contribution in [0.4, 0.5) is 0 Å². The van der Waals surface area contributed by atoms with Gasteiger partial charge in [0.1, 0.15) is 5.69 Å². The van der Waals surface area contributed by atoms with E-state index in [4.69, 9.17) is 0 Å². The minimum Gasteiger partial charge on any atom is -0.351 e. The van der Waals surface area contributed by atoms with E-state index in [-0.39, 0.29) is 23.8 Å². The number of benzene rings is 1. The van der Waals surface area contributed by atoms with Crippen molar-refractivity contribution in [3.63, 3.8) is 0 Å². The molecule has 4 heterocycles. The number of fused-ring (bicyclic) bond motifs is 2. The summed E-state index contributed by atoms with van der Waals surface area (Å²) in [5.74, 6) is -0.464. The van der Waals surface area contributed by atoms with E-state index in [2.05, 4.69) is 32.5 Å². The standard InChI is InChI=1S/C28H36N6O3S/c1-16-6-7-18-17(12-16)13-21(29-18)24(35)30-19-9-11-34(27(37)28(2,3)4)14-22(19)31-25(36)26-32-20-8-10-33(5)15-23(20)38-26/h6-7,12-13,19,22,29H,8-11,14-15H2,1-5H3,(H,30,35)(H,31,36)/t19-,22+/m0/s1. The number of hydrogen-bond acceptors (Lipinski definition) is 6. The molecule has 9 nitrogen and oxygen atoms in total. The molecule has 0 saturated carbocycles. The molecule has 2 atom stereocenters. The monoisotopic (exact) mass is 536 g/mol. The fourth-order valence-corrected chi connectivity index (χ4v) is 6.29. The summed E-state index contributed by atoms with van der Waals surface area (Å²) < 4.78 is 0. The number of aromatic nitrogens is 2. The number of nitrogens with zero attached hydrogens (tertiary/aromatic N) is 3. The number of carbonyl (C=O) groups is 3. The molecule has 3 amide bonds. The van der Waals surface area contributed by atoms with Crippen LogP contribution in [0.15, 0.2) is 24.3 Å². The molecule has 0 radical (unpaired) electrons. The number of nitrogens with one attached hydrogen (secondary N) is 3. The van der Waals surface area contributed by atoms with Crippen LogP contribution in [0.2, 0.25) is 0 Å². The predicted octanol–water partition coefficient (Wildman–Crippen LogP) is 3.10. The Kier molecular flexibility index (Phi) is 7.04. The maximum Gasteiger partial charge on any atom is 0.280 e. The number of aromatic amines is 1. The van der Waals surface area contributed by atoms with E-state index in [0.29, 0.717) is 30.2 Å². The third-order valence-electron chi connectivity index (χ3n) is 7.31. The number of likely N-dealkylation sites (tertiary alicyclic amines) is 1. The summed E-state index contributed by atoms with van der Waals surface area (Å²) in [7, 11) is 2.06. The number of hydrogen-bond donors (Lipinski definition) is 3. The Bertz CT molecular complexity index is 1390. The lowest BCUT2D eigenvalue weighted by molar-refractivity contribution is -0.141. The van der Waals surface area contributed by atoms with E-state index in [0.717, 1.165) is 46.5 Å². The first kappa shape index (κ1) is 26.4. The zero-order valence-corrected chi connectivity index (χ0v) is 23.5. The average Bonchev–Trinajstić information content (AvgIpc) is 3.47. The van der Waals surface area contributed by atoms with E-state index in [1.54, 1.807) is 4.90 Å². The highest BCUT2D eigenvalue weighted by atomic mass is 32.1. The third kappa shape index (κ3) is 5.47. The highest BCUT2D eigenvalue weighted by Gasteiger charge is 2.37. The summed E-state index contributed by atoms with van der Waals surface area (Å²) in [6.45, 7) is 10.3. The number of amides is 3. The van der Waals surface area contributed by atoms with Crippen molar-refractivity contribution < 1.29 is 14.4 Å². The molecule has 3 aromatic rings. The molecule has 5 rings (SSSR count). The molecule has 10 heteroatoms. The summed E-state index contributed by atoms with van der Waals surface area (Å²) in [6, 6.07) is 7.08. The highest BCUT2D eigenvalue weighted by molar-refractivity contribution is 7.13. The molecule has 0 aliphatic carbocycles. The van der Waals surface area contributed by atoms with E-state index in [1.807, 2.05) is 52.0 Å². The Labute approximate surface area is 227 Å². The van der Waals surface area contributed by atoms with Crippen LogP contribution in [0.1, 0.15) is 63.6 Å². The van der Waals surface area contributed by atoms with Gasteiger partial charge in [0, 0.05) is 53.8 Å². The predicted molar refractivity (Wildman–Crippen MR) is 148 cm³/mol. The number of aryl methyl sites for hydroxylation is 1. The number of H-pyrrole nitrogens is 1. The summed E-state index contributed by atoms with van der Waals surface area (Å²) in [6.07, 6.45) is 1.37. The van der Waals surface area contributed by atoms with Gasteiger partial charge in [-0.3, -0.25) is 14.4 Å². The maximum atomic E-state index is 13.3. The van der Waals surface area contributed by atoms with E-state index in [9.17, 15) is 14.4 Å². The van der Waals surface area contributed by atoms with Crippen LogP contribution < -0.4 is 10.6 Å². The molecule has 1 aromatic carbocycles. The third-order valence-corrected chi connectivity index (χ3v) is 8.39. The number of likely N-dealkylation sites (N-methyl/N-ethyl adjacent to an activating group) is 1. The highest BCUT2D eigenvalue weighted by Crippen LogP contribution is 2.26. The summed E-state index contributed by atoms with van der Waals surface area (Å²) >= 11 is 1.42. The van der Waals surface area contributed by atoms with Gasteiger partial charge in [0.25, 0.3) is 11.8 Å². The molecule has 0 unspecified atom stereocenters. The molecule has 202 valence electrons. The molecule has 0 bridgehead atoms. The molecule has 0 spiro atoms. The lowest BCUT2D eigenvalue weighted by atomic mass is 9.91. The van der Waals surface area contributed by atoms with Gasteiger partial charge in [0.05, 0.1) is 17.8 Å². The van der Waals surface area contributed by atoms with Gasteiger partial charge in [-0.05, 0) is 38.6 Å². The minimum absolute atomic E-state index is 0.0280. The topological polar surface area (TPSA) is 110 Å². The van der Waals surface area contributed by atoms with Crippen molar-refractivity contribution in [1.82, 2.24) is 30.4 Å². The smallest absolute Gasteiger partial charge is 0.280 e. The van der Waals surface area contributed by atoms with Gasteiger partial charge in [-0.2, -0.15) is 0 Å². The summed E-state index contributed by atoms with van der Waals surface area (Å²) in [5.41, 5.74) is 2.95. The van der Waals surface area contributed by atoms with E-state index >= 15 is 0 Å². The zero-order chi connectivity index (χ0) is 27.2. The number of rotatable bonds is 4. The minimum atomic E-state index is -0.534. The van der Waals surface area contributed by atoms with Crippen LogP contribution >= 0.6 is 11.3 Å². The van der Waals surface area contributed by atoms with Gasteiger partial charge in [-0.1, -0.05) is 32.4 Å². The van der Waals surface area contributed by atoms with E-state index in [1.165, 1.54) is 11.3 Å².